The molecular weight excluding hydrogens is 412 g/mol. The maximum Gasteiger partial charge on any atom is 0.344 e. The lowest BCUT2D eigenvalue weighted by molar-refractivity contribution is -0.157. The van der Waals surface area contributed by atoms with Crippen molar-refractivity contribution in [2.75, 3.05) is 12.4 Å². The Hall–Kier alpha value is -2.51. The highest BCUT2D eigenvalue weighted by atomic mass is 35.5. The first-order valence-corrected chi connectivity index (χ1v) is 10.2. The van der Waals surface area contributed by atoms with Gasteiger partial charge in [-0.05, 0) is 74.9 Å². The zero-order valence-corrected chi connectivity index (χ0v) is 18.0. The quantitative estimate of drug-likeness (QED) is 0.290. The number of benzene rings is 2. The Bertz CT molecular complexity index is 846. The predicted octanol–water partition coefficient (Wildman–Crippen LogP) is 4.30. The second kappa shape index (κ2) is 10.9. The third-order valence-corrected chi connectivity index (χ3v) is 4.51. The number of ether oxygens (including phenoxy) is 2. The maximum atomic E-state index is 11.8. The number of rotatable bonds is 8. The van der Waals surface area contributed by atoms with Crippen LogP contribution in [0.3, 0.4) is 0 Å². The average molecular weight is 435 g/mol. The van der Waals surface area contributed by atoms with Gasteiger partial charge in [0.15, 0.2) is 6.61 Å². The number of halogens is 1. The number of carbonyl (C=O) groups excluding carboxylic acids is 2. The topological polar surface area (TPSA) is 77.0 Å². The summed E-state index contributed by atoms with van der Waals surface area (Å²) in [5.41, 5.74) is 2.72. The van der Waals surface area contributed by atoms with Gasteiger partial charge in [-0.25, -0.2) is 10.2 Å². The molecule has 2 aromatic rings. The number of esters is 1. The number of hydrogen-bond acceptors (Lipinski definition) is 6. The van der Waals surface area contributed by atoms with Crippen molar-refractivity contribution in [3.63, 3.8) is 0 Å². The zero-order chi connectivity index (χ0) is 21.3. The lowest BCUT2D eigenvalue weighted by Crippen LogP contribution is -2.27. The summed E-state index contributed by atoms with van der Waals surface area (Å²) in [7, 11) is 0. The van der Waals surface area contributed by atoms with Gasteiger partial charge in [-0.15, -0.1) is 11.8 Å². The first-order chi connectivity index (χ1) is 13.7. The van der Waals surface area contributed by atoms with Crippen LogP contribution >= 0.6 is 23.4 Å². The number of thioether (sulfide) groups is 1. The van der Waals surface area contributed by atoms with Gasteiger partial charge in [0, 0.05) is 9.92 Å². The largest absolute Gasteiger partial charge is 0.482 e. The molecule has 8 heteroatoms. The molecule has 2 rings (SSSR count). The van der Waals surface area contributed by atoms with E-state index in [1.54, 1.807) is 57.2 Å². The van der Waals surface area contributed by atoms with Crippen LogP contribution in [0.2, 0.25) is 5.02 Å². The minimum Gasteiger partial charge on any atom is -0.482 e. The normalized spacial score (nSPS) is 11.3. The van der Waals surface area contributed by atoms with Crippen molar-refractivity contribution in [2.24, 2.45) is 5.10 Å². The van der Waals surface area contributed by atoms with Gasteiger partial charge in [0.25, 0.3) is 0 Å². The maximum absolute atomic E-state index is 11.8. The van der Waals surface area contributed by atoms with E-state index in [0.29, 0.717) is 10.8 Å². The van der Waals surface area contributed by atoms with E-state index >= 15 is 0 Å². The van der Waals surface area contributed by atoms with Crippen molar-refractivity contribution >= 4 is 41.5 Å². The molecule has 0 aliphatic carbocycles. The fraction of sp³-hybridized carbons (Fsp3) is 0.286. The van der Waals surface area contributed by atoms with Crippen molar-refractivity contribution in [1.29, 1.82) is 0 Å². The number of amides is 1. The summed E-state index contributed by atoms with van der Waals surface area (Å²) in [6, 6.07) is 14.2. The van der Waals surface area contributed by atoms with Crippen molar-refractivity contribution in [3.8, 4) is 5.75 Å². The molecule has 0 radical (unpaired) electrons. The SMILES string of the molecule is CC(C)(C)OC(=O)COc1ccc(/C=N\NC(=O)CSc2ccc(Cl)cc2)cc1. The highest BCUT2D eigenvalue weighted by Crippen LogP contribution is 2.20. The molecule has 0 fully saturated rings. The van der Waals surface area contributed by atoms with E-state index in [2.05, 4.69) is 10.5 Å². The molecule has 0 saturated carbocycles. The molecule has 0 unspecified atom stereocenters. The first-order valence-electron chi connectivity index (χ1n) is 8.86. The molecule has 154 valence electrons. The standard InChI is InChI=1S/C21H23ClN2O4S/c1-21(2,3)28-20(26)13-27-17-8-4-15(5-9-17)12-23-24-19(25)14-29-18-10-6-16(22)7-11-18/h4-12H,13-14H2,1-3H3,(H,24,25)/b23-12-. The molecule has 0 atom stereocenters. The summed E-state index contributed by atoms with van der Waals surface area (Å²) >= 11 is 7.23. The molecule has 29 heavy (non-hydrogen) atoms. The van der Waals surface area contributed by atoms with Gasteiger partial charge < -0.3 is 9.47 Å². The van der Waals surface area contributed by atoms with E-state index in [1.165, 1.54) is 18.0 Å². The van der Waals surface area contributed by atoms with Crippen molar-refractivity contribution in [2.45, 2.75) is 31.3 Å². The lowest BCUT2D eigenvalue weighted by atomic mass is 10.2. The van der Waals surface area contributed by atoms with Crippen molar-refractivity contribution in [3.05, 3.63) is 59.1 Å². The molecule has 0 aliphatic rings. The van der Waals surface area contributed by atoms with E-state index in [1.807, 2.05) is 12.1 Å². The molecule has 0 saturated heterocycles. The van der Waals surface area contributed by atoms with Crippen LogP contribution in [0, 0.1) is 0 Å². The lowest BCUT2D eigenvalue weighted by Gasteiger charge is -2.19. The third-order valence-electron chi connectivity index (χ3n) is 3.24. The Balaban J connectivity index is 1.72. The van der Waals surface area contributed by atoms with E-state index < -0.39 is 11.6 Å². The summed E-state index contributed by atoms with van der Waals surface area (Å²) in [5.74, 6) is 0.147. The number of nitrogens with zero attached hydrogens (tertiary/aromatic N) is 1. The van der Waals surface area contributed by atoms with Gasteiger partial charge in [0.2, 0.25) is 5.91 Å². The van der Waals surface area contributed by atoms with E-state index in [0.717, 1.165) is 10.5 Å². The Morgan fingerprint density at radius 1 is 1.10 bits per heavy atom. The minimum absolute atomic E-state index is 0.161. The molecule has 0 bridgehead atoms. The molecule has 1 N–H and O–H groups in total. The highest BCUT2D eigenvalue weighted by molar-refractivity contribution is 8.00. The Morgan fingerprint density at radius 2 is 1.76 bits per heavy atom. The smallest absolute Gasteiger partial charge is 0.344 e. The summed E-state index contributed by atoms with van der Waals surface area (Å²) < 4.78 is 10.6. The average Bonchev–Trinajstić information content (AvgIpc) is 2.65. The van der Waals surface area contributed by atoms with Gasteiger partial charge in [-0.2, -0.15) is 5.10 Å². The molecule has 6 nitrogen and oxygen atoms in total. The fourth-order valence-corrected chi connectivity index (χ4v) is 2.87. The molecule has 0 aliphatic heterocycles. The molecule has 0 aromatic heterocycles. The monoisotopic (exact) mass is 434 g/mol. The summed E-state index contributed by atoms with van der Waals surface area (Å²) in [6.07, 6.45) is 1.53. The molecule has 2 aromatic carbocycles. The van der Waals surface area contributed by atoms with Crippen LogP contribution in [0.5, 0.6) is 5.75 Å². The number of hydrogen-bond donors (Lipinski definition) is 1. The molecule has 0 spiro atoms. The molecule has 1 amide bonds. The summed E-state index contributed by atoms with van der Waals surface area (Å²) in [5, 5.41) is 4.60. The van der Waals surface area contributed by atoms with Gasteiger partial charge in [-0.1, -0.05) is 11.6 Å². The number of hydrazone groups is 1. The fourth-order valence-electron chi connectivity index (χ4n) is 2.05. The van der Waals surface area contributed by atoms with Gasteiger partial charge >= 0.3 is 5.97 Å². The van der Waals surface area contributed by atoms with Crippen LogP contribution in [0.4, 0.5) is 0 Å². The van der Waals surface area contributed by atoms with Crippen LogP contribution in [0.15, 0.2) is 58.5 Å². The van der Waals surface area contributed by atoms with Crippen LogP contribution in [-0.2, 0) is 14.3 Å². The second-order valence-corrected chi connectivity index (χ2v) is 8.47. The van der Waals surface area contributed by atoms with Gasteiger partial charge in [-0.3, -0.25) is 4.79 Å². The van der Waals surface area contributed by atoms with Crippen molar-refractivity contribution < 1.29 is 19.1 Å². The van der Waals surface area contributed by atoms with Gasteiger partial charge in [0.05, 0.1) is 12.0 Å². The van der Waals surface area contributed by atoms with Crippen LogP contribution in [0.1, 0.15) is 26.3 Å². The zero-order valence-electron chi connectivity index (χ0n) is 16.5. The summed E-state index contributed by atoms with van der Waals surface area (Å²) in [4.78, 5) is 24.4. The van der Waals surface area contributed by atoms with E-state index in [4.69, 9.17) is 21.1 Å². The molecule has 0 heterocycles. The predicted molar refractivity (Wildman–Crippen MR) is 116 cm³/mol. The Labute approximate surface area is 179 Å². The Kier molecular flexibility index (Phi) is 8.54. The van der Waals surface area contributed by atoms with Gasteiger partial charge in [0.1, 0.15) is 11.4 Å². The summed E-state index contributed by atoms with van der Waals surface area (Å²) in [6.45, 7) is 5.24. The minimum atomic E-state index is -0.543. The third kappa shape index (κ3) is 9.49. The van der Waals surface area contributed by atoms with Crippen LogP contribution in [-0.4, -0.2) is 36.1 Å². The van der Waals surface area contributed by atoms with Crippen molar-refractivity contribution in [1.82, 2.24) is 5.43 Å². The number of nitrogens with one attached hydrogen (secondary N) is 1. The highest BCUT2D eigenvalue weighted by Gasteiger charge is 2.16. The first kappa shape index (κ1) is 22.8. The van der Waals surface area contributed by atoms with E-state index in [9.17, 15) is 9.59 Å². The second-order valence-electron chi connectivity index (χ2n) is 6.98. The Morgan fingerprint density at radius 3 is 2.38 bits per heavy atom. The van der Waals surface area contributed by atoms with Crippen LogP contribution < -0.4 is 10.2 Å². The van der Waals surface area contributed by atoms with E-state index in [-0.39, 0.29) is 18.3 Å². The number of carbonyl (C=O) groups is 2. The molecular formula is C21H23ClN2O4S. The van der Waals surface area contributed by atoms with Crippen LogP contribution in [0.25, 0.3) is 0 Å².